The molecule has 0 bridgehead atoms. The summed E-state index contributed by atoms with van der Waals surface area (Å²) in [5, 5.41) is 3.12. The van der Waals surface area contributed by atoms with Gasteiger partial charge in [-0.3, -0.25) is 0 Å². The van der Waals surface area contributed by atoms with Crippen molar-refractivity contribution in [3.8, 4) is 0 Å². The van der Waals surface area contributed by atoms with Crippen molar-refractivity contribution >= 4 is 23.5 Å². The molecular formula is C7H12S2. The maximum atomic E-state index is 2.30. The van der Waals surface area contributed by atoms with Crippen molar-refractivity contribution in [3.05, 3.63) is 10.3 Å². The lowest BCUT2D eigenvalue weighted by atomic mass is 10.5. The fourth-order valence-corrected chi connectivity index (χ4v) is 3.10. The summed E-state index contributed by atoms with van der Waals surface area (Å²) in [6.45, 7) is 4.51. The molecule has 0 nitrogen and oxygen atoms in total. The van der Waals surface area contributed by atoms with E-state index in [1.807, 2.05) is 23.5 Å². The molecule has 2 heteroatoms. The van der Waals surface area contributed by atoms with Gasteiger partial charge in [-0.1, -0.05) is 13.8 Å². The molecule has 0 fully saturated rings. The molecule has 0 saturated carbocycles. The molecule has 0 aromatic carbocycles. The van der Waals surface area contributed by atoms with Gasteiger partial charge < -0.3 is 0 Å². The summed E-state index contributed by atoms with van der Waals surface area (Å²) in [6, 6.07) is 0. The number of rotatable bonds is 1. The molecule has 0 saturated heterocycles. The highest BCUT2D eigenvalue weighted by atomic mass is 32.2. The molecule has 1 unspecified atom stereocenters. The molecule has 1 heterocycles. The summed E-state index contributed by atoms with van der Waals surface area (Å²) in [6.07, 6.45) is 1.21. The maximum absolute atomic E-state index is 2.30. The second-order valence-corrected chi connectivity index (χ2v) is 4.67. The Balaban J connectivity index is 2.43. The predicted octanol–water partition coefficient (Wildman–Crippen LogP) is 3.11. The summed E-state index contributed by atoms with van der Waals surface area (Å²) < 4.78 is 0. The van der Waals surface area contributed by atoms with E-state index in [9.17, 15) is 0 Å². The van der Waals surface area contributed by atoms with Crippen LogP contribution >= 0.6 is 23.5 Å². The van der Waals surface area contributed by atoms with Crippen LogP contribution in [0.3, 0.4) is 0 Å². The van der Waals surface area contributed by atoms with Crippen molar-refractivity contribution in [2.45, 2.75) is 25.5 Å². The first-order chi connectivity index (χ1) is 4.33. The average molecular weight is 160 g/mol. The van der Waals surface area contributed by atoms with E-state index in [0.717, 1.165) is 5.25 Å². The van der Waals surface area contributed by atoms with Crippen LogP contribution in [0.2, 0.25) is 0 Å². The highest BCUT2D eigenvalue weighted by Crippen LogP contribution is 2.33. The third-order valence-corrected chi connectivity index (χ3v) is 4.03. The van der Waals surface area contributed by atoms with Crippen LogP contribution in [0.1, 0.15) is 20.3 Å². The molecule has 0 spiro atoms. The third kappa shape index (κ3) is 2.26. The zero-order valence-corrected chi connectivity index (χ0v) is 7.52. The van der Waals surface area contributed by atoms with Crippen LogP contribution in [0.15, 0.2) is 10.3 Å². The van der Waals surface area contributed by atoms with Gasteiger partial charge in [-0.05, 0) is 16.7 Å². The van der Waals surface area contributed by atoms with Crippen LogP contribution in [-0.2, 0) is 0 Å². The lowest BCUT2D eigenvalue weighted by molar-refractivity contribution is 1.11. The molecule has 9 heavy (non-hydrogen) atoms. The zero-order chi connectivity index (χ0) is 6.69. The van der Waals surface area contributed by atoms with Crippen LogP contribution < -0.4 is 0 Å². The van der Waals surface area contributed by atoms with Gasteiger partial charge in [0.15, 0.2) is 0 Å². The van der Waals surface area contributed by atoms with E-state index in [-0.39, 0.29) is 0 Å². The van der Waals surface area contributed by atoms with Crippen molar-refractivity contribution in [2.24, 2.45) is 0 Å². The van der Waals surface area contributed by atoms with Gasteiger partial charge in [-0.2, -0.15) is 0 Å². The molecule has 0 radical (unpaired) electrons. The van der Waals surface area contributed by atoms with Crippen LogP contribution in [0.4, 0.5) is 0 Å². The van der Waals surface area contributed by atoms with Gasteiger partial charge in [0.05, 0.1) is 0 Å². The molecule has 52 valence electrons. The molecule has 0 amide bonds. The Hall–Kier alpha value is 0.440. The lowest BCUT2D eigenvalue weighted by Gasteiger charge is -2.16. The van der Waals surface area contributed by atoms with E-state index in [4.69, 9.17) is 0 Å². The quantitative estimate of drug-likeness (QED) is 0.578. The van der Waals surface area contributed by atoms with Gasteiger partial charge in [-0.15, -0.1) is 23.5 Å². The fourth-order valence-electron chi connectivity index (χ4n) is 0.763. The first-order valence-electron chi connectivity index (χ1n) is 3.30. The van der Waals surface area contributed by atoms with Gasteiger partial charge in [0.25, 0.3) is 0 Å². The standard InChI is InChI=1S/C7H12S2/c1-3-7-5-8-4-6(2)9-7/h5-6H,3-4H2,1-2H3. The van der Waals surface area contributed by atoms with Crippen molar-refractivity contribution in [2.75, 3.05) is 5.75 Å². The van der Waals surface area contributed by atoms with Gasteiger partial charge >= 0.3 is 0 Å². The smallest absolute Gasteiger partial charge is 0.0157 e. The minimum atomic E-state index is 0.829. The Morgan fingerprint density at radius 3 is 3.00 bits per heavy atom. The molecule has 0 aliphatic carbocycles. The lowest BCUT2D eigenvalue weighted by Crippen LogP contribution is -2.02. The van der Waals surface area contributed by atoms with Crippen LogP contribution in [-0.4, -0.2) is 11.0 Å². The molecule has 0 aromatic heterocycles. The highest BCUT2D eigenvalue weighted by molar-refractivity contribution is 8.09. The Bertz CT molecular complexity index is 118. The molecule has 0 aromatic rings. The normalized spacial score (nSPS) is 27.8. The number of allylic oxidation sites excluding steroid dienone is 1. The largest absolute Gasteiger partial charge is 0.132 e. The molecule has 1 rings (SSSR count). The Morgan fingerprint density at radius 1 is 1.78 bits per heavy atom. The Kier molecular flexibility index (Phi) is 2.99. The number of hydrogen-bond donors (Lipinski definition) is 0. The number of thioether (sulfide) groups is 2. The van der Waals surface area contributed by atoms with E-state index in [1.54, 1.807) is 4.91 Å². The SMILES string of the molecule is CCC1=CSCC(C)S1. The van der Waals surface area contributed by atoms with Crippen molar-refractivity contribution < 1.29 is 0 Å². The molecule has 0 N–H and O–H groups in total. The minimum Gasteiger partial charge on any atom is -0.132 e. The van der Waals surface area contributed by atoms with E-state index in [1.165, 1.54) is 12.2 Å². The summed E-state index contributed by atoms with van der Waals surface area (Å²) in [7, 11) is 0. The second-order valence-electron chi connectivity index (χ2n) is 2.20. The summed E-state index contributed by atoms with van der Waals surface area (Å²) in [5.74, 6) is 1.29. The average Bonchev–Trinajstić information content (AvgIpc) is 1.88. The highest BCUT2D eigenvalue weighted by Gasteiger charge is 2.09. The third-order valence-electron chi connectivity index (χ3n) is 1.25. The van der Waals surface area contributed by atoms with Gasteiger partial charge in [0.2, 0.25) is 0 Å². The van der Waals surface area contributed by atoms with E-state index in [0.29, 0.717) is 0 Å². The maximum Gasteiger partial charge on any atom is 0.0157 e. The summed E-state index contributed by atoms with van der Waals surface area (Å²) in [5.41, 5.74) is 0. The van der Waals surface area contributed by atoms with E-state index < -0.39 is 0 Å². The van der Waals surface area contributed by atoms with Crippen LogP contribution in [0, 0.1) is 0 Å². The van der Waals surface area contributed by atoms with Crippen molar-refractivity contribution in [3.63, 3.8) is 0 Å². The molecule has 1 aliphatic rings. The predicted molar refractivity (Wildman–Crippen MR) is 47.9 cm³/mol. The van der Waals surface area contributed by atoms with Gasteiger partial charge in [0, 0.05) is 11.0 Å². The first-order valence-corrected chi connectivity index (χ1v) is 5.23. The summed E-state index contributed by atoms with van der Waals surface area (Å²) >= 11 is 3.98. The van der Waals surface area contributed by atoms with Gasteiger partial charge in [0.1, 0.15) is 0 Å². The molecule has 1 aliphatic heterocycles. The molecule has 1 atom stereocenters. The Morgan fingerprint density at radius 2 is 2.56 bits per heavy atom. The van der Waals surface area contributed by atoms with Crippen LogP contribution in [0.5, 0.6) is 0 Å². The van der Waals surface area contributed by atoms with E-state index in [2.05, 4.69) is 19.3 Å². The minimum absolute atomic E-state index is 0.829. The van der Waals surface area contributed by atoms with Gasteiger partial charge in [-0.25, -0.2) is 0 Å². The number of hydrogen-bond acceptors (Lipinski definition) is 2. The van der Waals surface area contributed by atoms with Crippen LogP contribution in [0.25, 0.3) is 0 Å². The van der Waals surface area contributed by atoms with Crippen molar-refractivity contribution in [1.29, 1.82) is 0 Å². The van der Waals surface area contributed by atoms with Crippen molar-refractivity contribution in [1.82, 2.24) is 0 Å². The van der Waals surface area contributed by atoms with E-state index >= 15 is 0 Å². The fraction of sp³-hybridized carbons (Fsp3) is 0.714. The Labute approximate surface area is 65.5 Å². The topological polar surface area (TPSA) is 0 Å². The first kappa shape index (κ1) is 7.55. The second kappa shape index (κ2) is 3.57. The monoisotopic (exact) mass is 160 g/mol. The summed E-state index contributed by atoms with van der Waals surface area (Å²) in [4.78, 5) is 1.55. The zero-order valence-electron chi connectivity index (χ0n) is 5.89. The molecular weight excluding hydrogens is 148 g/mol.